The van der Waals surface area contributed by atoms with Crippen LogP contribution in [0.4, 0.5) is 0 Å². The van der Waals surface area contributed by atoms with Gasteiger partial charge in [0.2, 0.25) is 0 Å². The lowest BCUT2D eigenvalue weighted by Crippen LogP contribution is -2.08. The minimum atomic E-state index is -3.81. The van der Waals surface area contributed by atoms with Crippen LogP contribution < -0.4 is 0 Å². The molecule has 0 unspecified atom stereocenters. The van der Waals surface area contributed by atoms with Crippen LogP contribution in [-0.2, 0) is 9.84 Å². The summed E-state index contributed by atoms with van der Waals surface area (Å²) >= 11 is 1.37. The van der Waals surface area contributed by atoms with Gasteiger partial charge in [-0.3, -0.25) is 9.50 Å². The van der Waals surface area contributed by atoms with Gasteiger partial charge in [0, 0.05) is 6.20 Å². The Labute approximate surface area is 119 Å². The highest BCUT2D eigenvalue weighted by Crippen LogP contribution is 2.29. The number of thioether (sulfide) groups is 1. The molecule has 20 heavy (non-hydrogen) atoms. The van der Waals surface area contributed by atoms with Crippen molar-refractivity contribution in [1.82, 2.24) is 24.6 Å². The summed E-state index contributed by atoms with van der Waals surface area (Å²) in [7, 11) is -3.81. The summed E-state index contributed by atoms with van der Waals surface area (Å²) in [6.07, 6.45) is 2.91. The first-order valence-electron chi connectivity index (χ1n) is 5.85. The van der Waals surface area contributed by atoms with Gasteiger partial charge in [-0.25, -0.2) is 18.4 Å². The van der Waals surface area contributed by atoms with Gasteiger partial charge in [-0.05, 0) is 17.9 Å². The second kappa shape index (κ2) is 4.91. The van der Waals surface area contributed by atoms with Crippen LogP contribution >= 0.6 is 11.8 Å². The summed E-state index contributed by atoms with van der Waals surface area (Å²) in [4.78, 5) is 8.11. The summed E-state index contributed by atoms with van der Waals surface area (Å²) in [6.45, 7) is 1.94. The van der Waals surface area contributed by atoms with Crippen LogP contribution in [0.1, 0.15) is 6.92 Å². The van der Waals surface area contributed by atoms with Gasteiger partial charge in [-0.15, -0.1) is 16.9 Å². The fourth-order valence-electron chi connectivity index (χ4n) is 1.84. The summed E-state index contributed by atoms with van der Waals surface area (Å²) in [5.41, 5.74) is 0.581. The van der Waals surface area contributed by atoms with E-state index >= 15 is 0 Å². The summed E-state index contributed by atoms with van der Waals surface area (Å²) < 4.78 is 26.8. The van der Waals surface area contributed by atoms with Crippen molar-refractivity contribution in [2.45, 2.75) is 22.1 Å². The first-order chi connectivity index (χ1) is 9.64. The third kappa shape index (κ3) is 1.98. The lowest BCUT2D eigenvalue weighted by atomic mass is 10.5. The number of nitrogens with one attached hydrogen (secondary N) is 1. The fraction of sp³-hybridized carbons (Fsp3) is 0.182. The summed E-state index contributed by atoms with van der Waals surface area (Å²) in [6, 6.07) is 5.33. The van der Waals surface area contributed by atoms with Crippen molar-refractivity contribution in [3.8, 4) is 0 Å². The number of hydrogen-bond acceptors (Lipinski definition) is 6. The summed E-state index contributed by atoms with van der Waals surface area (Å²) in [5, 5.41) is 6.42. The van der Waals surface area contributed by atoms with Crippen LogP contribution in [0.2, 0.25) is 0 Å². The smallest absolute Gasteiger partial charge is 0.273 e. The number of imidazole rings is 1. The third-order valence-electron chi connectivity index (χ3n) is 2.63. The van der Waals surface area contributed by atoms with Crippen molar-refractivity contribution in [3.05, 3.63) is 30.7 Å². The Hall–Kier alpha value is -1.87. The van der Waals surface area contributed by atoms with Gasteiger partial charge in [0.25, 0.3) is 15.0 Å². The standard InChI is InChI=1S/C11H11N5O2S2/c1-2-19-9-10(16-6-4-3-5-8(16)14-9)20(17,18)11-12-7-13-15-11/h3-7H,2H2,1H3,(H,12,13,15). The molecule has 0 aliphatic heterocycles. The maximum atomic E-state index is 12.6. The lowest BCUT2D eigenvalue weighted by molar-refractivity contribution is 0.579. The molecule has 0 aliphatic carbocycles. The fourth-order valence-corrected chi connectivity index (χ4v) is 4.23. The molecule has 0 saturated carbocycles. The van der Waals surface area contributed by atoms with Crippen molar-refractivity contribution in [2.24, 2.45) is 0 Å². The van der Waals surface area contributed by atoms with E-state index in [4.69, 9.17) is 0 Å². The Morgan fingerprint density at radius 1 is 1.40 bits per heavy atom. The number of H-pyrrole nitrogens is 1. The van der Waals surface area contributed by atoms with Gasteiger partial charge in [0.05, 0.1) is 0 Å². The van der Waals surface area contributed by atoms with E-state index in [-0.39, 0.29) is 10.2 Å². The molecule has 104 valence electrons. The summed E-state index contributed by atoms with van der Waals surface area (Å²) in [5.74, 6) is 0.723. The topological polar surface area (TPSA) is 93.0 Å². The second-order valence-corrected chi connectivity index (χ2v) is 6.88. The molecule has 0 saturated heterocycles. The van der Waals surface area contributed by atoms with E-state index in [2.05, 4.69) is 20.2 Å². The highest BCUT2D eigenvalue weighted by molar-refractivity contribution is 8.00. The molecule has 0 fully saturated rings. The Kier molecular flexibility index (Phi) is 3.22. The van der Waals surface area contributed by atoms with E-state index < -0.39 is 9.84 Å². The molecular weight excluding hydrogens is 298 g/mol. The molecule has 3 aromatic heterocycles. The second-order valence-electron chi connectivity index (χ2n) is 3.87. The number of rotatable bonds is 4. The first-order valence-corrected chi connectivity index (χ1v) is 8.32. The van der Waals surface area contributed by atoms with Gasteiger partial charge >= 0.3 is 0 Å². The minimum Gasteiger partial charge on any atom is -0.289 e. The van der Waals surface area contributed by atoms with Crippen molar-refractivity contribution in [1.29, 1.82) is 0 Å². The van der Waals surface area contributed by atoms with Crippen molar-refractivity contribution in [2.75, 3.05) is 5.75 Å². The van der Waals surface area contributed by atoms with Crippen molar-refractivity contribution >= 4 is 27.2 Å². The molecular formula is C11H11N5O2S2. The average molecular weight is 309 g/mol. The molecule has 3 heterocycles. The number of aromatic nitrogens is 5. The maximum Gasteiger partial charge on any atom is 0.273 e. The van der Waals surface area contributed by atoms with E-state index in [9.17, 15) is 8.42 Å². The molecule has 1 N–H and O–H groups in total. The highest BCUT2D eigenvalue weighted by atomic mass is 32.2. The predicted molar refractivity (Wildman–Crippen MR) is 73.4 cm³/mol. The zero-order valence-electron chi connectivity index (χ0n) is 10.5. The Bertz CT molecular complexity index is 839. The molecule has 0 spiro atoms. The molecule has 3 rings (SSSR count). The van der Waals surface area contributed by atoms with Gasteiger partial charge < -0.3 is 0 Å². The highest BCUT2D eigenvalue weighted by Gasteiger charge is 2.30. The Balaban J connectivity index is 2.32. The molecule has 3 aromatic rings. The molecule has 0 aliphatic rings. The lowest BCUT2D eigenvalue weighted by Gasteiger charge is -2.02. The average Bonchev–Trinajstić information content (AvgIpc) is 3.06. The number of aromatic amines is 1. The Morgan fingerprint density at radius 2 is 2.25 bits per heavy atom. The van der Waals surface area contributed by atoms with Crippen molar-refractivity contribution < 1.29 is 8.42 Å². The molecule has 9 heteroatoms. The van der Waals surface area contributed by atoms with Crippen LogP contribution in [0.25, 0.3) is 5.65 Å². The van der Waals surface area contributed by atoms with E-state index in [0.717, 1.165) is 5.75 Å². The van der Waals surface area contributed by atoms with E-state index in [1.54, 1.807) is 22.7 Å². The van der Waals surface area contributed by atoms with E-state index in [1.807, 2.05) is 13.0 Å². The van der Waals surface area contributed by atoms with Crippen LogP contribution in [0.5, 0.6) is 0 Å². The third-order valence-corrected chi connectivity index (χ3v) is 5.18. The zero-order chi connectivity index (χ0) is 14.2. The van der Waals surface area contributed by atoms with Crippen LogP contribution in [0.15, 0.2) is 45.9 Å². The molecule has 7 nitrogen and oxygen atoms in total. The first kappa shape index (κ1) is 13.1. The zero-order valence-corrected chi connectivity index (χ0v) is 12.1. The van der Waals surface area contributed by atoms with Gasteiger partial charge in [0.1, 0.15) is 17.0 Å². The van der Waals surface area contributed by atoms with Crippen molar-refractivity contribution in [3.63, 3.8) is 0 Å². The van der Waals surface area contributed by atoms with Crippen LogP contribution in [0.3, 0.4) is 0 Å². The quantitative estimate of drug-likeness (QED) is 0.732. The molecule has 0 amide bonds. The molecule has 0 radical (unpaired) electrons. The van der Waals surface area contributed by atoms with Crippen LogP contribution in [0, 0.1) is 0 Å². The monoisotopic (exact) mass is 309 g/mol. The van der Waals surface area contributed by atoms with E-state index in [1.165, 1.54) is 18.1 Å². The Morgan fingerprint density at radius 3 is 2.95 bits per heavy atom. The predicted octanol–water partition coefficient (Wildman–Crippen LogP) is 1.40. The van der Waals surface area contributed by atoms with Gasteiger partial charge in [-0.1, -0.05) is 13.0 Å². The number of nitrogens with zero attached hydrogens (tertiary/aromatic N) is 4. The van der Waals surface area contributed by atoms with Gasteiger partial charge in [-0.2, -0.15) is 0 Å². The largest absolute Gasteiger partial charge is 0.289 e. The maximum absolute atomic E-state index is 12.6. The number of hydrogen-bond donors (Lipinski definition) is 1. The molecule has 0 bridgehead atoms. The normalized spacial score (nSPS) is 12.1. The molecule has 0 aromatic carbocycles. The SMILES string of the molecule is CCSc1nc2ccccn2c1S(=O)(=O)c1nc[nH]n1. The number of pyridine rings is 1. The minimum absolute atomic E-state index is 0.111. The number of fused-ring (bicyclic) bond motifs is 1. The number of sulfone groups is 1. The van der Waals surface area contributed by atoms with Gasteiger partial charge in [0.15, 0.2) is 5.03 Å². The molecule has 0 atom stereocenters. The van der Waals surface area contributed by atoms with Crippen LogP contribution in [-0.4, -0.2) is 38.7 Å². The van der Waals surface area contributed by atoms with E-state index in [0.29, 0.717) is 10.7 Å².